The van der Waals surface area contributed by atoms with E-state index in [0.29, 0.717) is 19.0 Å². The summed E-state index contributed by atoms with van der Waals surface area (Å²) in [5, 5.41) is 21.4. The smallest absolute Gasteiger partial charge is 0.191 e. The molecule has 0 amide bonds. The molecule has 0 bridgehead atoms. The Morgan fingerprint density at radius 1 is 1.27 bits per heavy atom. The third-order valence-electron chi connectivity index (χ3n) is 5.61. The van der Waals surface area contributed by atoms with Crippen LogP contribution in [0.4, 0.5) is 5.82 Å². The van der Waals surface area contributed by atoms with Crippen LogP contribution >= 0.6 is 0 Å². The predicted molar refractivity (Wildman–Crippen MR) is 120 cm³/mol. The molecule has 0 aliphatic carbocycles. The van der Waals surface area contributed by atoms with Crippen molar-refractivity contribution in [1.29, 1.82) is 0 Å². The number of rotatable bonds is 7. The Morgan fingerprint density at radius 3 is 2.63 bits per heavy atom. The second-order valence-electron chi connectivity index (χ2n) is 8.42. The molecule has 0 spiro atoms. The zero-order valence-electron chi connectivity index (χ0n) is 18.6. The van der Waals surface area contributed by atoms with E-state index in [1.165, 1.54) is 12.8 Å². The van der Waals surface area contributed by atoms with E-state index >= 15 is 0 Å². The van der Waals surface area contributed by atoms with Gasteiger partial charge in [0, 0.05) is 44.6 Å². The van der Waals surface area contributed by atoms with Gasteiger partial charge in [-0.1, -0.05) is 13.0 Å². The van der Waals surface area contributed by atoms with Gasteiger partial charge in [0.2, 0.25) is 0 Å². The molecular formula is C22H35N7O. The summed E-state index contributed by atoms with van der Waals surface area (Å²) in [6.07, 6.45) is 7.87. The Bertz CT molecular complexity index is 820. The van der Waals surface area contributed by atoms with Crippen LogP contribution in [0.25, 0.3) is 0 Å². The third-order valence-corrected chi connectivity index (χ3v) is 5.61. The van der Waals surface area contributed by atoms with Crippen molar-refractivity contribution in [2.24, 2.45) is 18.0 Å². The van der Waals surface area contributed by atoms with E-state index in [0.717, 1.165) is 42.5 Å². The molecule has 2 aromatic heterocycles. The van der Waals surface area contributed by atoms with E-state index in [2.05, 4.69) is 49.7 Å². The van der Waals surface area contributed by atoms with Gasteiger partial charge >= 0.3 is 0 Å². The quantitative estimate of drug-likeness (QED) is 0.475. The Balaban J connectivity index is 1.57. The molecule has 1 aliphatic rings. The van der Waals surface area contributed by atoms with Crippen LogP contribution in [0.2, 0.25) is 0 Å². The minimum absolute atomic E-state index is 0.328. The van der Waals surface area contributed by atoms with Crippen LogP contribution in [0.1, 0.15) is 44.7 Å². The fraction of sp³-hybridized carbons (Fsp3) is 0.591. The molecule has 3 rings (SSSR count). The predicted octanol–water partition coefficient (Wildman–Crippen LogP) is 2.01. The summed E-state index contributed by atoms with van der Waals surface area (Å²) in [7, 11) is 1.84. The lowest BCUT2D eigenvalue weighted by molar-refractivity contribution is 0.0616. The second kappa shape index (κ2) is 9.93. The van der Waals surface area contributed by atoms with Crippen molar-refractivity contribution < 1.29 is 5.11 Å². The summed E-state index contributed by atoms with van der Waals surface area (Å²) >= 11 is 0. The number of aromatic nitrogens is 3. The zero-order valence-corrected chi connectivity index (χ0v) is 18.6. The summed E-state index contributed by atoms with van der Waals surface area (Å²) in [5.74, 6) is 2.52. The summed E-state index contributed by atoms with van der Waals surface area (Å²) in [5.41, 5.74) is 0.778. The van der Waals surface area contributed by atoms with E-state index in [9.17, 15) is 5.11 Å². The molecule has 2 aromatic rings. The fourth-order valence-corrected chi connectivity index (χ4v) is 3.50. The number of nitrogens with one attached hydrogen (secondary N) is 2. The SMILES string of the molecule is CCNC(=NCc1ccc(N2CCC(C)CC2)nc1)NCC(C)(O)c1cnn(C)c1. The number of aliphatic imine (C=N–C) groups is 1. The Hall–Kier alpha value is -2.61. The normalized spacial score (nSPS) is 17.6. The molecule has 1 atom stereocenters. The highest BCUT2D eigenvalue weighted by atomic mass is 16.3. The van der Waals surface area contributed by atoms with Crippen LogP contribution < -0.4 is 15.5 Å². The summed E-state index contributed by atoms with van der Waals surface area (Å²) in [6.45, 7) is 9.86. The van der Waals surface area contributed by atoms with Crippen LogP contribution in [0.3, 0.4) is 0 Å². The van der Waals surface area contributed by atoms with Gasteiger partial charge in [0.05, 0.1) is 19.3 Å². The lowest BCUT2D eigenvalue weighted by Gasteiger charge is -2.31. The average molecular weight is 414 g/mol. The van der Waals surface area contributed by atoms with Crippen molar-refractivity contribution in [3.8, 4) is 0 Å². The summed E-state index contributed by atoms with van der Waals surface area (Å²) in [6, 6.07) is 4.19. The number of guanidine groups is 1. The van der Waals surface area contributed by atoms with Crippen LogP contribution in [0.5, 0.6) is 0 Å². The number of anilines is 1. The Labute approximate surface area is 179 Å². The van der Waals surface area contributed by atoms with Gasteiger partial charge in [-0.25, -0.2) is 9.98 Å². The van der Waals surface area contributed by atoms with Crippen LogP contribution in [0, 0.1) is 5.92 Å². The highest BCUT2D eigenvalue weighted by Gasteiger charge is 2.25. The molecule has 1 fully saturated rings. The van der Waals surface area contributed by atoms with E-state index in [1.807, 2.05) is 26.4 Å². The fourth-order valence-electron chi connectivity index (χ4n) is 3.50. The molecule has 1 aliphatic heterocycles. The zero-order chi connectivity index (χ0) is 21.6. The molecule has 3 heterocycles. The molecule has 1 saturated heterocycles. The van der Waals surface area contributed by atoms with E-state index in [-0.39, 0.29) is 0 Å². The van der Waals surface area contributed by atoms with Gasteiger partial charge in [0.15, 0.2) is 5.96 Å². The minimum Gasteiger partial charge on any atom is -0.383 e. The van der Waals surface area contributed by atoms with Gasteiger partial charge < -0.3 is 20.6 Å². The number of hydrogen-bond acceptors (Lipinski definition) is 5. The standard InChI is InChI=1S/C22H35N7O/c1-5-23-21(26-16-22(3,30)19-14-27-28(4)15-19)25-13-18-6-7-20(24-12-18)29-10-8-17(2)9-11-29/h6-7,12,14-15,17,30H,5,8-11,13,16H2,1-4H3,(H2,23,25,26). The van der Waals surface area contributed by atoms with Gasteiger partial charge in [-0.2, -0.15) is 5.10 Å². The molecule has 164 valence electrons. The van der Waals surface area contributed by atoms with Crippen LogP contribution in [-0.4, -0.2) is 52.0 Å². The van der Waals surface area contributed by atoms with Crippen molar-refractivity contribution in [3.63, 3.8) is 0 Å². The molecular weight excluding hydrogens is 378 g/mol. The molecule has 0 radical (unpaired) electrons. The summed E-state index contributed by atoms with van der Waals surface area (Å²) in [4.78, 5) is 11.7. The third kappa shape index (κ3) is 5.95. The monoisotopic (exact) mass is 413 g/mol. The second-order valence-corrected chi connectivity index (χ2v) is 8.42. The minimum atomic E-state index is -1.04. The van der Waals surface area contributed by atoms with Crippen molar-refractivity contribution in [1.82, 2.24) is 25.4 Å². The number of aliphatic hydroxyl groups is 1. The lowest BCUT2D eigenvalue weighted by Crippen LogP contribution is -2.44. The molecule has 1 unspecified atom stereocenters. The topological polar surface area (TPSA) is 90.6 Å². The van der Waals surface area contributed by atoms with Gasteiger partial charge in [-0.05, 0) is 44.2 Å². The average Bonchev–Trinajstić information content (AvgIpc) is 3.18. The highest BCUT2D eigenvalue weighted by molar-refractivity contribution is 5.79. The van der Waals surface area contributed by atoms with Crippen LogP contribution in [0.15, 0.2) is 35.7 Å². The first-order valence-electron chi connectivity index (χ1n) is 10.8. The van der Waals surface area contributed by atoms with Gasteiger partial charge in [0.25, 0.3) is 0 Å². The first kappa shape index (κ1) is 22.1. The van der Waals surface area contributed by atoms with Crippen molar-refractivity contribution >= 4 is 11.8 Å². The largest absolute Gasteiger partial charge is 0.383 e. The maximum atomic E-state index is 10.8. The highest BCUT2D eigenvalue weighted by Crippen LogP contribution is 2.21. The summed E-state index contributed by atoms with van der Waals surface area (Å²) < 4.78 is 1.68. The lowest BCUT2D eigenvalue weighted by atomic mass is 9.99. The maximum Gasteiger partial charge on any atom is 0.191 e. The number of nitrogens with zero attached hydrogens (tertiary/aromatic N) is 5. The van der Waals surface area contributed by atoms with E-state index < -0.39 is 5.60 Å². The number of pyridine rings is 1. The molecule has 0 aromatic carbocycles. The molecule has 30 heavy (non-hydrogen) atoms. The number of piperidine rings is 1. The van der Waals surface area contributed by atoms with E-state index in [1.54, 1.807) is 17.8 Å². The van der Waals surface area contributed by atoms with Gasteiger partial charge in [-0.3, -0.25) is 4.68 Å². The first-order valence-corrected chi connectivity index (χ1v) is 10.8. The number of hydrogen-bond donors (Lipinski definition) is 3. The van der Waals surface area contributed by atoms with Gasteiger partial charge in [0.1, 0.15) is 11.4 Å². The molecule has 3 N–H and O–H groups in total. The Morgan fingerprint density at radius 2 is 2.03 bits per heavy atom. The molecule has 0 saturated carbocycles. The van der Waals surface area contributed by atoms with Crippen molar-refractivity contribution in [2.75, 3.05) is 31.1 Å². The van der Waals surface area contributed by atoms with Crippen molar-refractivity contribution in [2.45, 2.75) is 45.8 Å². The molecule has 8 nitrogen and oxygen atoms in total. The maximum absolute atomic E-state index is 10.8. The Kier molecular flexibility index (Phi) is 7.31. The van der Waals surface area contributed by atoms with Crippen molar-refractivity contribution in [3.05, 3.63) is 41.9 Å². The number of aryl methyl sites for hydroxylation is 1. The van der Waals surface area contributed by atoms with Gasteiger partial charge in [-0.15, -0.1) is 0 Å². The molecule has 8 heteroatoms. The first-order chi connectivity index (χ1) is 14.4. The van der Waals surface area contributed by atoms with E-state index in [4.69, 9.17) is 0 Å². The van der Waals surface area contributed by atoms with Crippen LogP contribution in [-0.2, 0) is 19.2 Å².